The molecule has 9 heteroatoms. The maximum absolute atomic E-state index is 13.2. The van der Waals surface area contributed by atoms with Gasteiger partial charge in [-0.3, -0.25) is 19.2 Å². The number of para-hydroxylation sites is 1. The Kier molecular flexibility index (Phi) is 7.04. The molecule has 3 aliphatic rings. The Morgan fingerprint density at radius 2 is 1.49 bits per heavy atom. The number of esters is 1. The van der Waals surface area contributed by atoms with E-state index in [9.17, 15) is 19.2 Å². The lowest BCUT2D eigenvalue weighted by Gasteiger charge is -2.29. The summed E-state index contributed by atoms with van der Waals surface area (Å²) in [4.78, 5) is 55.3. The van der Waals surface area contributed by atoms with Crippen molar-refractivity contribution in [2.45, 2.75) is 49.7 Å². The number of hydrogen-bond donors (Lipinski definition) is 0. The van der Waals surface area contributed by atoms with E-state index in [-0.39, 0.29) is 52.2 Å². The molecule has 5 rings (SSSR count). The second kappa shape index (κ2) is 9.98. The third-order valence-electron chi connectivity index (χ3n) is 7.71. The van der Waals surface area contributed by atoms with Crippen molar-refractivity contribution in [2.24, 2.45) is 17.8 Å². The van der Waals surface area contributed by atoms with E-state index in [0.717, 1.165) is 16.8 Å². The number of aryl methyl sites for hydroxylation is 3. The van der Waals surface area contributed by atoms with Crippen LogP contribution in [0.25, 0.3) is 0 Å². The van der Waals surface area contributed by atoms with Crippen molar-refractivity contribution in [2.75, 3.05) is 16.3 Å². The van der Waals surface area contributed by atoms with Crippen LogP contribution >= 0.6 is 31.9 Å². The minimum atomic E-state index is -0.578. The van der Waals surface area contributed by atoms with Crippen LogP contribution in [0.15, 0.2) is 36.4 Å². The monoisotopic (exact) mass is 630 g/mol. The summed E-state index contributed by atoms with van der Waals surface area (Å²) in [5, 5.41) is 0. The van der Waals surface area contributed by atoms with Gasteiger partial charge in [0, 0.05) is 28.3 Å². The molecule has 194 valence electrons. The number of hydrogen-bond acceptors (Lipinski definition) is 5. The molecule has 2 saturated heterocycles. The quantitative estimate of drug-likeness (QED) is 0.205. The van der Waals surface area contributed by atoms with Crippen molar-refractivity contribution in [3.8, 4) is 5.75 Å². The first kappa shape index (κ1) is 26.1. The number of carbonyl (C=O) groups is 4. The highest BCUT2D eigenvalue weighted by molar-refractivity contribution is 9.12. The van der Waals surface area contributed by atoms with Crippen molar-refractivity contribution in [1.29, 1.82) is 0 Å². The Morgan fingerprint density at radius 3 is 2.05 bits per heavy atom. The number of anilines is 2. The summed E-state index contributed by atoms with van der Waals surface area (Å²) in [6.07, 6.45) is 1.30. The molecule has 1 aliphatic carbocycles. The lowest BCUT2D eigenvalue weighted by atomic mass is 9.81. The maximum atomic E-state index is 13.2. The topological polar surface area (TPSA) is 84.0 Å². The number of benzene rings is 2. The van der Waals surface area contributed by atoms with Gasteiger partial charge in [-0.05, 0) is 68.5 Å². The fourth-order valence-corrected chi connectivity index (χ4v) is 7.02. The number of carbonyl (C=O) groups excluding carboxylic acids is 4. The molecular formula is C28H28Br2N2O5. The molecule has 7 nitrogen and oxygen atoms in total. The molecule has 3 amide bonds. The zero-order valence-corrected chi connectivity index (χ0v) is 24.0. The van der Waals surface area contributed by atoms with Gasteiger partial charge in [0.2, 0.25) is 17.7 Å². The van der Waals surface area contributed by atoms with Crippen LogP contribution in [0.5, 0.6) is 5.75 Å². The fraction of sp³-hybridized carbons (Fsp3) is 0.429. The molecule has 0 aromatic heterocycles. The van der Waals surface area contributed by atoms with Crippen molar-refractivity contribution >= 4 is 66.9 Å². The van der Waals surface area contributed by atoms with E-state index in [2.05, 4.69) is 31.9 Å². The van der Waals surface area contributed by atoms with Crippen molar-refractivity contribution < 1.29 is 23.9 Å². The largest absolute Gasteiger partial charge is 0.426 e. The van der Waals surface area contributed by atoms with E-state index in [4.69, 9.17) is 4.74 Å². The first-order valence-corrected chi connectivity index (χ1v) is 14.2. The van der Waals surface area contributed by atoms with Gasteiger partial charge in [-0.2, -0.15) is 0 Å². The Bertz CT molecular complexity index is 1260. The second-order valence-corrected chi connectivity index (χ2v) is 12.6. The minimum Gasteiger partial charge on any atom is -0.426 e. The summed E-state index contributed by atoms with van der Waals surface area (Å²) in [6.45, 7) is 5.96. The van der Waals surface area contributed by atoms with Crippen LogP contribution < -0.4 is 14.5 Å². The van der Waals surface area contributed by atoms with Crippen LogP contribution in [0, 0.1) is 38.5 Å². The highest BCUT2D eigenvalue weighted by Gasteiger charge is 2.52. The molecule has 3 fully saturated rings. The molecule has 0 N–H and O–H groups in total. The zero-order chi connectivity index (χ0) is 26.6. The maximum Gasteiger partial charge on any atom is 0.316 e. The highest BCUT2D eigenvalue weighted by Crippen LogP contribution is 2.45. The first-order chi connectivity index (χ1) is 17.6. The standard InChI is InChI=1S/C28H28Br2N2O5/c1-14-5-4-6-15(2)25(14)31-13-17(10-24(31)33)28(36)37-18-7-8-23(16(3)9-18)32-26(34)19-11-21(29)22(30)12-20(19)27(32)35/h4-9,17,19-22H,10-13H2,1-3H3/t17-,19-,20+,21+,22+/m1/s1. The van der Waals surface area contributed by atoms with E-state index < -0.39 is 11.9 Å². The molecule has 0 radical (unpaired) electrons. The molecule has 0 bridgehead atoms. The third-order valence-corrected chi connectivity index (χ3v) is 10.4. The number of nitrogens with zero attached hydrogens (tertiary/aromatic N) is 2. The van der Waals surface area contributed by atoms with Gasteiger partial charge in [0.05, 0.1) is 23.4 Å². The van der Waals surface area contributed by atoms with E-state index in [0.29, 0.717) is 29.8 Å². The predicted molar refractivity (Wildman–Crippen MR) is 147 cm³/mol. The van der Waals surface area contributed by atoms with Gasteiger partial charge in [0.15, 0.2) is 0 Å². The molecule has 2 aliphatic heterocycles. The number of rotatable bonds is 4. The Morgan fingerprint density at radius 1 is 0.892 bits per heavy atom. The third kappa shape index (κ3) is 4.65. The summed E-state index contributed by atoms with van der Waals surface area (Å²) < 4.78 is 5.65. The van der Waals surface area contributed by atoms with Crippen molar-refractivity contribution in [3.63, 3.8) is 0 Å². The highest BCUT2D eigenvalue weighted by atomic mass is 79.9. The van der Waals surface area contributed by atoms with E-state index in [1.807, 2.05) is 32.0 Å². The Labute approximate surface area is 232 Å². The SMILES string of the molecule is Cc1cc(OC(=O)[C@@H]2CC(=O)N(c3c(C)cccc3C)C2)ccc1N1C(=O)[C@H]2C[C@H](Br)[C@@H](Br)C[C@H]2C1=O. The van der Waals surface area contributed by atoms with E-state index in [1.54, 1.807) is 30.0 Å². The first-order valence-electron chi connectivity index (χ1n) is 12.4. The number of halogens is 2. The van der Waals surface area contributed by atoms with Crippen molar-refractivity contribution in [3.05, 3.63) is 53.1 Å². The minimum absolute atomic E-state index is 0.0896. The van der Waals surface area contributed by atoms with Gasteiger partial charge in [0.25, 0.3) is 0 Å². The summed E-state index contributed by atoms with van der Waals surface area (Å²) >= 11 is 7.23. The number of amides is 3. The molecule has 5 atom stereocenters. The molecule has 1 saturated carbocycles. The second-order valence-electron chi connectivity index (χ2n) is 10.2. The summed E-state index contributed by atoms with van der Waals surface area (Å²) in [6, 6.07) is 10.8. The average Bonchev–Trinajstić information content (AvgIpc) is 3.32. The molecular weight excluding hydrogens is 604 g/mol. The van der Waals surface area contributed by atoms with Gasteiger partial charge in [0.1, 0.15) is 5.75 Å². The smallest absolute Gasteiger partial charge is 0.316 e. The zero-order valence-electron chi connectivity index (χ0n) is 20.9. The van der Waals surface area contributed by atoms with Crippen LogP contribution in [-0.2, 0) is 19.2 Å². The van der Waals surface area contributed by atoms with E-state index in [1.165, 1.54) is 4.90 Å². The molecule has 0 unspecified atom stereocenters. The molecule has 2 heterocycles. The molecule has 0 spiro atoms. The Hall–Kier alpha value is -2.52. The van der Waals surface area contributed by atoms with Gasteiger partial charge >= 0.3 is 5.97 Å². The number of imide groups is 1. The lowest BCUT2D eigenvalue weighted by molar-refractivity contribution is -0.139. The lowest BCUT2D eigenvalue weighted by Crippen LogP contribution is -2.34. The van der Waals surface area contributed by atoms with Gasteiger partial charge in [-0.15, -0.1) is 0 Å². The molecule has 37 heavy (non-hydrogen) atoms. The van der Waals surface area contributed by atoms with Gasteiger partial charge in [-0.25, -0.2) is 4.90 Å². The fourth-order valence-electron chi connectivity index (χ4n) is 5.79. The van der Waals surface area contributed by atoms with Crippen LogP contribution in [0.4, 0.5) is 11.4 Å². The van der Waals surface area contributed by atoms with Crippen LogP contribution in [0.2, 0.25) is 0 Å². The number of alkyl halides is 2. The normalized spacial score (nSPS) is 27.6. The average molecular weight is 632 g/mol. The van der Waals surface area contributed by atoms with Crippen molar-refractivity contribution in [1.82, 2.24) is 0 Å². The number of ether oxygens (including phenoxy) is 1. The van der Waals surface area contributed by atoms with Gasteiger partial charge < -0.3 is 9.64 Å². The summed E-state index contributed by atoms with van der Waals surface area (Å²) in [5.74, 6) is -1.85. The summed E-state index contributed by atoms with van der Waals surface area (Å²) in [5.41, 5.74) is 3.99. The summed E-state index contributed by atoms with van der Waals surface area (Å²) in [7, 11) is 0. The number of fused-ring (bicyclic) bond motifs is 1. The van der Waals surface area contributed by atoms with Gasteiger partial charge in [-0.1, -0.05) is 50.1 Å². The molecule has 2 aromatic rings. The Balaban J connectivity index is 1.30. The van der Waals surface area contributed by atoms with Crippen LogP contribution in [0.3, 0.4) is 0 Å². The molecule has 2 aromatic carbocycles. The predicted octanol–water partition coefficient (Wildman–Crippen LogP) is 5.00. The van der Waals surface area contributed by atoms with Crippen LogP contribution in [0.1, 0.15) is 36.0 Å². The van der Waals surface area contributed by atoms with E-state index >= 15 is 0 Å². The van der Waals surface area contributed by atoms with Crippen LogP contribution in [-0.4, -0.2) is 39.9 Å².